The van der Waals surface area contributed by atoms with Crippen molar-refractivity contribution in [1.29, 1.82) is 0 Å². The fraction of sp³-hybridized carbons (Fsp3) is 0.812. The second-order valence-electron chi connectivity index (χ2n) is 6.88. The topological polar surface area (TPSA) is 41.3 Å². The van der Waals surface area contributed by atoms with Gasteiger partial charge in [0.05, 0.1) is 12.2 Å². The number of hydrogen-bond acceptors (Lipinski definition) is 4. The van der Waals surface area contributed by atoms with Crippen molar-refractivity contribution >= 4 is 0 Å². The molecule has 3 rings (SSSR count). The van der Waals surface area contributed by atoms with Crippen LogP contribution in [0.25, 0.3) is 0 Å². The molecule has 0 atom stereocenters. The molecule has 0 bridgehead atoms. The molecule has 1 saturated carbocycles. The maximum Gasteiger partial charge on any atom is 0.151 e. The third-order valence-corrected chi connectivity index (χ3v) is 5.05. The molecular formula is C16H27N3O. The Hall–Kier alpha value is -0.870. The quantitative estimate of drug-likeness (QED) is 0.868. The van der Waals surface area contributed by atoms with Gasteiger partial charge in [0.1, 0.15) is 0 Å². The van der Waals surface area contributed by atoms with Crippen LogP contribution in [0.1, 0.15) is 57.4 Å². The zero-order valence-corrected chi connectivity index (χ0v) is 12.8. The van der Waals surface area contributed by atoms with Crippen molar-refractivity contribution in [2.24, 2.45) is 5.41 Å². The molecule has 0 amide bonds. The number of likely N-dealkylation sites (tertiary alicyclic amines) is 1. The SMILES string of the molecule is CCC1(C)CCN(Cc2cc(CNC3CC3)no2)CC1. The van der Waals surface area contributed by atoms with Crippen LogP contribution < -0.4 is 5.32 Å². The van der Waals surface area contributed by atoms with Crippen LogP contribution in [-0.2, 0) is 13.1 Å². The van der Waals surface area contributed by atoms with Gasteiger partial charge in [-0.15, -0.1) is 0 Å². The van der Waals surface area contributed by atoms with Gasteiger partial charge in [-0.2, -0.15) is 0 Å². The van der Waals surface area contributed by atoms with Gasteiger partial charge < -0.3 is 9.84 Å². The molecule has 4 heteroatoms. The summed E-state index contributed by atoms with van der Waals surface area (Å²) < 4.78 is 5.47. The Morgan fingerprint density at radius 1 is 1.40 bits per heavy atom. The van der Waals surface area contributed by atoms with Gasteiger partial charge in [-0.05, 0) is 44.2 Å². The molecule has 0 unspecified atom stereocenters. The van der Waals surface area contributed by atoms with E-state index in [0.717, 1.165) is 30.6 Å². The lowest BCUT2D eigenvalue weighted by molar-refractivity contribution is 0.102. The van der Waals surface area contributed by atoms with E-state index in [-0.39, 0.29) is 0 Å². The highest BCUT2D eigenvalue weighted by molar-refractivity contribution is 5.06. The zero-order valence-electron chi connectivity index (χ0n) is 12.8. The van der Waals surface area contributed by atoms with Gasteiger partial charge in [0.15, 0.2) is 5.76 Å². The number of nitrogens with zero attached hydrogens (tertiary/aromatic N) is 2. The van der Waals surface area contributed by atoms with E-state index < -0.39 is 0 Å². The molecule has 0 radical (unpaired) electrons. The Bertz CT molecular complexity index is 431. The molecule has 2 heterocycles. The van der Waals surface area contributed by atoms with Crippen LogP contribution in [0.5, 0.6) is 0 Å². The Balaban J connectivity index is 1.46. The first-order valence-electron chi connectivity index (χ1n) is 8.07. The van der Waals surface area contributed by atoms with E-state index >= 15 is 0 Å². The Kier molecular flexibility index (Phi) is 4.13. The summed E-state index contributed by atoms with van der Waals surface area (Å²) in [5.74, 6) is 1.01. The van der Waals surface area contributed by atoms with E-state index in [1.165, 1.54) is 45.2 Å². The summed E-state index contributed by atoms with van der Waals surface area (Å²) in [5, 5.41) is 7.63. The van der Waals surface area contributed by atoms with Crippen LogP contribution in [0.4, 0.5) is 0 Å². The second kappa shape index (κ2) is 5.86. The van der Waals surface area contributed by atoms with Gasteiger partial charge in [-0.25, -0.2) is 0 Å². The van der Waals surface area contributed by atoms with E-state index in [4.69, 9.17) is 4.52 Å². The molecule has 4 nitrogen and oxygen atoms in total. The number of hydrogen-bond donors (Lipinski definition) is 1. The fourth-order valence-electron chi connectivity index (χ4n) is 2.87. The molecule has 1 aromatic rings. The van der Waals surface area contributed by atoms with Crippen molar-refractivity contribution < 1.29 is 4.52 Å². The van der Waals surface area contributed by atoms with Crippen molar-refractivity contribution in [3.05, 3.63) is 17.5 Å². The molecule has 2 fully saturated rings. The molecule has 1 aliphatic heterocycles. The Morgan fingerprint density at radius 2 is 2.15 bits per heavy atom. The zero-order chi connectivity index (χ0) is 14.0. The highest BCUT2D eigenvalue weighted by Gasteiger charge is 2.28. The van der Waals surface area contributed by atoms with Gasteiger partial charge in [0, 0.05) is 18.7 Å². The van der Waals surface area contributed by atoms with Gasteiger partial charge in [0.25, 0.3) is 0 Å². The smallest absolute Gasteiger partial charge is 0.151 e. The van der Waals surface area contributed by atoms with Crippen molar-refractivity contribution in [2.75, 3.05) is 13.1 Å². The molecule has 20 heavy (non-hydrogen) atoms. The highest BCUT2D eigenvalue weighted by Crippen LogP contribution is 2.34. The maximum atomic E-state index is 5.47. The van der Waals surface area contributed by atoms with Crippen molar-refractivity contribution in [2.45, 2.75) is 65.1 Å². The average molecular weight is 277 g/mol. The van der Waals surface area contributed by atoms with Crippen LogP contribution in [0.3, 0.4) is 0 Å². The summed E-state index contributed by atoms with van der Waals surface area (Å²) in [6.45, 7) is 8.85. The molecule has 1 N–H and O–H groups in total. The Morgan fingerprint density at radius 3 is 2.80 bits per heavy atom. The van der Waals surface area contributed by atoms with E-state index in [1.54, 1.807) is 0 Å². The van der Waals surface area contributed by atoms with Crippen LogP contribution in [0, 0.1) is 5.41 Å². The molecular weight excluding hydrogens is 250 g/mol. The summed E-state index contributed by atoms with van der Waals surface area (Å²) >= 11 is 0. The van der Waals surface area contributed by atoms with Crippen LogP contribution in [0.15, 0.2) is 10.6 Å². The number of aromatic nitrogens is 1. The first-order valence-corrected chi connectivity index (χ1v) is 8.07. The lowest BCUT2D eigenvalue weighted by Gasteiger charge is -2.38. The van der Waals surface area contributed by atoms with Gasteiger partial charge in [-0.3, -0.25) is 4.90 Å². The molecule has 112 valence electrons. The van der Waals surface area contributed by atoms with Gasteiger partial charge >= 0.3 is 0 Å². The summed E-state index contributed by atoms with van der Waals surface area (Å²) in [4.78, 5) is 2.50. The minimum atomic E-state index is 0.553. The highest BCUT2D eigenvalue weighted by atomic mass is 16.5. The lowest BCUT2D eigenvalue weighted by atomic mass is 9.78. The van der Waals surface area contributed by atoms with Crippen LogP contribution in [0.2, 0.25) is 0 Å². The minimum Gasteiger partial charge on any atom is -0.360 e. The van der Waals surface area contributed by atoms with Crippen molar-refractivity contribution in [1.82, 2.24) is 15.4 Å². The normalized spacial score (nSPS) is 23.1. The van der Waals surface area contributed by atoms with E-state index in [9.17, 15) is 0 Å². The fourth-order valence-corrected chi connectivity index (χ4v) is 2.87. The molecule has 1 saturated heterocycles. The van der Waals surface area contributed by atoms with Crippen molar-refractivity contribution in [3.63, 3.8) is 0 Å². The maximum absolute atomic E-state index is 5.47. The van der Waals surface area contributed by atoms with Gasteiger partial charge in [0.2, 0.25) is 0 Å². The largest absolute Gasteiger partial charge is 0.360 e. The lowest BCUT2D eigenvalue weighted by Crippen LogP contribution is -2.37. The van der Waals surface area contributed by atoms with E-state index in [0.29, 0.717) is 5.41 Å². The molecule has 1 aliphatic carbocycles. The molecule has 0 spiro atoms. The monoisotopic (exact) mass is 277 g/mol. The minimum absolute atomic E-state index is 0.553. The van der Waals surface area contributed by atoms with E-state index in [1.807, 2.05) is 0 Å². The van der Waals surface area contributed by atoms with Crippen LogP contribution >= 0.6 is 0 Å². The van der Waals surface area contributed by atoms with Crippen LogP contribution in [-0.4, -0.2) is 29.2 Å². The predicted octanol–water partition coefficient (Wildman–Crippen LogP) is 2.94. The van der Waals surface area contributed by atoms with Gasteiger partial charge in [-0.1, -0.05) is 25.4 Å². The number of nitrogens with one attached hydrogen (secondary N) is 1. The first-order chi connectivity index (χ1) is 9.67. The second-order valence-corrected chi connectivity index (χ2v) is 6.88. The van der Waals surface area contributed by atoms with E-state index in [2.05, 4.69) is 35.3 Å². The van der Waals surface area contributed by atoms with Crippen molar-refractivity contribution in [3.8, 4) is 0 Å². The first kappa shape index (κ1) is 14.1. The third kappa shape index (κ3) is 3.61. The number of rotatable bonds is 6. The standard InChI is InChI=1S/C16H27N3O/c1-3-16(2)6-8-19(9-7-16)12-15-10-14(18-20-15)11-17-13-4-5-13/h10,13,17H,3-9,11-12H2,1-2H3. The molecule has 1 aromatic heterocycles. The molecule has 0 aromatic carbocycles. The Labute approximate surface area is 121 Å². The summed E-state index contributed by atoms with van der Waals surface area (Å²) in [5.41, 5.74) is 1.60. The predicted molar refractivity (Wildman–Crippen MR) is 79.3 cm³/mol. The summed E-state index contributed by atoms with van der Waals surface area (Å²) in [6, 6.07) is 2.84. The summed E-state index contributed by atoms with van der Waals surface area (Å²) in [6.07, 6.45) is 6.52. The summed E-state index contributed by atoms with van der Waals surface area (Å²) in [7, 11) is 0. The third-order valence-electron chi connectivity index (χ3n) is 5.05. The molecule has 2 aliphatic rings. The average Bonchev–Trinajstić information content (AvgIpc) is 3.19. The number of piperidine rings is 1.